The number of benzene rings is 9. The van der Waals surface area contributed by atoms with Gasteiger partial charge in [0.2, 0.25) is 0 Å². The standard InChI is InChI=1S/C54H38S/c1-53(2)43-20-12-11-15-35(43)36-24-22-32(29-45(36)53)48-37-16-7-9-18-39(37)49(40-19-10-8-17-38(40)48)33-23-25-41-46(30-33)54(3,4)44-27-28-47-51(50(41)44)42-26-21-31-13-5-6-14-34(31)52(42)55-47/h5-30H,1-4H3. The summed E-state index contributed by atoms with van der Waals surface area (Å²) in [4.78, 5) is 0. The molecule has 0 fully saturated rings. The topological polar surface area (TPSA) is 0 Å². The third kappa shape index (κ3) is 4.06. The van der Waals surface area contributed by atoms with Gasteiger partial charge < -0.3 is 0 Å². The highest BCUT2D eigenvalue weighted by Crippen LogP contribution is 2.56. The Labute approximate surface area is 325 Å². The van der Waals surface area contributed by atoms with Crippen molar-refractivity contribution in [2.24, 2.45) is 0 Å². The lowest BCUT2D eigenvalue weighted by Gasteiger charge is -2.24. The molecule has 0 aliphatic heterocycles. The van der Waals surface area contributed by atoms with Crippen LogP contribution in [0.25, 0.3) is 97.0 Å². The van der Waals surface area contributed by atoms with E-state index in [0.29, 0.717) is 0 Å². The lowest BCUT2D eigenvalue weighted by atomic mass is 9.79. The van der Waals surface area contributed by atoms with E-state index >= 15 is 0 Å². The Morgan fingerprint density at radius 3 is 1.56 bits per heavy atom. The molecule has 2 aliphatic rings. The molecule has 1 heterocycles. The van der Waals surface area contributed by atoms with Gasteiger partial charge in [-0.25, -0.2) is 0 Å². The average molecular weight is 719 g/mol. The molecule has 12 rings (SSSR count). The van der Waals surface area contributed by atoms with Crippen molar-refractivity contribution in [3.8, 4) is 44.5 Å². The molecule has 9 aromatic carbocycles. The normalized spacial score (nSPS) is 14.8. The zero-order chi connectivity index (χ0) is 36.8. The molecule has 0 nitrogen and oxygen atoms in total. The van der Waals surface area contributed by atoms with Gasteiger partial charge in [-0.15, -0.1) is 11.3 Å². The molecular formula is C54H38S. The quantitative estimate of drug-likeness (QED) is 0.156. The van der Waals surface area contributed by atoms with Crippen LogP contribution in [0.4, 0.5) is 0 Å². The molecule has 0 atom stereocenters. The Morgan fingerprint density at radius 2 is 0.891 bits per heavy atom. The molecule has 10 aromatic rings. The van der Waals surface area contributed by atoms with Crippen molar-refractivity contribution in [1.29, 1.82) is 0 Å². The van der Waals surface area contributed by atoms with Gasteiger partial charge in [0.25, 0.3) is 0 Å². The first-order valence-electron chi connectivity index (χ1n) is 19.5. The van der Waals surface area contributed by atoms with Gasteiger partial charge in [0, 0.05) is 31.0 Å². The number of rotatable bonds is 2. The third-order valence-electron chi connectivity index (χ3n) is 13.3. The van der Waals surface area contributed by atoms with Crippen molar-refractivity contribution in [1.82, 2.24) is 0 Å². The van der Waals surface area contributed by atoms with E-state index in [4.69, 9.17) is 0 Å². The average Bonchev–Trinajstić information content (AvgIpc) is 3.79. The minimum atomic E-state index is -0.139. The summed E-state index contributed by atoms with van der Waals surface area (Å²) in [6, 6.07) is 59.9. The smallest absolute Gasteiger partial charge is 0.0434 e. The first-order valence-corrected chi connectivity index (χ1v) is 20.3. The van der Waals surface area contributed by atoms with E-state index in [1.165, 1.54) is 119 Å². The zero-order valence-corrected chi connectivity index (χ0v) is 32.2. The maximum absolute atomic E-state index is 2.52. The first-order chi connectivity index (χ1) is 26.8. The van der Waals surface area contributed by atoms with Crippen LogP contribution in [-0.2, 0) is 10.8 Å². The van der Waals surface area contributed by atoms with Gasteiger partial charge in [-0.3, -0.25) is 0 Å². The number of hydrogen-bond donors (Lipinski definition) is 0. The number of thiophene rings is 1. The Balaban J connectivity index is 1.08. The fourth-order valence-electron chi connectivity index (χ4n) is 10.6. The minimum Gasteiger partial charge on any atom is -0.135 e. The highest BCUT2D eigenvalue weighted by atomic mass is 32.1. The molecular weight excluding hydrogens is 681 g/mol. The second-order valence-corrected chi connectivity index (χ2v) is 17.8. The van der Waals surface area contributed by atoms with Crippen molar-refractivity contribution in [2.45, 2.75) is 38.5 Å². The van der Waals surface area contributed by atoms with Gasteiger partial charge in [-0.2, -0.15) is 0 Å². The molecule has 260 valence electrons. The van der Waals surface area contributed by atoms with E-state index in [1.54, 1.807) is 0 Å². The highest BCUT2D eigenvalue weighted by Gasteiger charge is 2.38. The Kier molecular flexibility index (Phi) is 6.16. The molecule has 0 unspecified atom stereocenters. The van der Waals surface area contributed by atoms with Crippen LogP contribution < -0.4 is 0 Å². The Bertz CT molecular complexity index is 3260. The summed E-state index contributed by atoms with van der Waals surface area (Å²) < 4.78 is 2.75. The Morgan fingerprint density at radius 1 is 0.364 bits per heavy atom. The molecule has 0 N–H and O–H groups in total. The maximum atomic E-state index is 2.52. The van der Waals surface area contributed by atoms with E-state index in [0.717, 1.165) is 0 Å². The summed E-state index contributed by atoms with van der Waals surface area (Å²) in [6.07, 6.45) is 0. The van der Waals surface area contributed by atoms with Crippen LogP contribution >= 0.6 is 11.3 Å². The van der Waals surface area contributed by atoms with Crippen LogP contribution in [0.5, 0.6) is 0 Å². The summed E-state index contributed by atoms with van der Waals surface area (Å²) in [7, 11) is 0. The fourth-order valence-corrected chi connectivity index (χ4v) is 11.8. The summed E-state index contributed by atoms with van der Waals surface area (Å²) >= 11 is 1.94. The van der Waals surface area contributed by atoms with E-state index in [2.05, 4.69) is 185 Å². The third-order valence-corrected chi connectivity index (χ3v) is 14.5. The molecule has 0 amide bonds. The predicted octanol–water partition coefficient (Wildman–Crippen LogP) is 15.5. The predicted molar refractivity (Wildman–Crippen MR) is 238 cm³/mol. The van der Waals surface area contributed by atoms with Crippen molar-refractivity contribution in [3.63, 3.8) is 0 Å². The lowest BCUT2D eigenvalue weighted by molar-refractivity contribution is 0.660. The van der Waals surface area contributed by atoms with Crippen LogP contribution in [0.15, 0.2) is 158 Å². The van der Waals surface area contributed by atoms with Crippen LogP contribution in [-0.4, -0.2) is 0 Å². The van der Waals surface area contributed by atoms with Crippen molar-refractivity contribution >= 4 is 63.8 Å². The lowest BCUT2D eigenvalue weighted by Crippen LogP contribution is -2.15. The van der Waals surface area contributed by atoms with E-state index in [-0.39, 0.29) is 10.8 Å². The highest BCUT2D eigenvalue weighted by molar-refractivity contribution is 7.26. The van der Waals surface area contributed by atoms with Crippen molar-refractivity contribution < 1.29 is 0 Å². The molecule has 1 aromatic heterocycles. The van der Waals surface area contributed by atoms with Crippen LogP contribution in [0.2, 0.25) is 0 Å². The first kappa shape index (κ1) is 31.3. The fraction of sp³-hybridized carbons (Fsp3) is 0.111. The summed E-state index contributed by atoms with van der Waals surface area (Å²) in [5.74, 6) is 0. The molecule has 0 bridgehead atoms. The molecule has 1 heteroatoms. The van der Waals surface area contributed by atoms with Gasteiger partial charge in [0.05, 0.1) is 0 Å². The maximum Gasteiger partial charge on any atom is 0.0434 e. The molecule has 0 spiro atoms. The Hall–Kier alpha value is -6.02. The van der Waals surface area contributed by atoms with E-state index in [1.807, 2.05) is 11.3 Å². The van der Waals surface area contributed by atoms with Gasteiger partial charge in [0.15, 0.2) is 0 Å². The van der Waals surface area contributed by atoms with Crippen LogP contribution in [0.1, 0.15) is 49.9 Å². The molecule has 0 saturated heterocycles. The van der Waals surface area contributed by atoms with Gasteiger partial charge >= 0.3 is 0 Å². The molecule has 55 heavy (non-hydrogen) atoms. The van der Waals surface area contributed by atoms with Crippen molar-refractivity contribution in [3.05, 3.63) is 180 Å². The molecule has 2 aliphatic carbocycles. The largest absolute Gasteiger partial charge is 0.135 e. The zero-order valence-electron chi connectivity index (χ0n) is 31.4. The summed E-state index contributed by atoms with van der Waals surface area (Å²) in [5.41, 5.74) is 16.2. The van der Waals surface area contributed by atoms with E-state index < -0.39 is 0 Å². The summed E-state index contributed by atoms with van der Waals surface area (Å²) in [6.45, 7) is 9.60. The summed E-state index contributed by atoms with van der Waals surface area (Å²) in [5, 5.41) is 10.6. The van der Waals surface area contributed by atoms with Crippen LogP contribution in [0.3, 0.4) is 0 Å². The van der Waals surface area contributed by atoms with Gasteiger partial charge in [0.1, 0.15) is 0 Å². The van der Waals surface area contributed by atoms with E-state index in [9.17, 15) is 0 Å². The number of hydrogen-bond acceptors (Lipinski definition) is 1. The van der Waals surface area contributed by atoms with Crippen molar-refractivity contribution in [2.75, 3.05) is 0 Å². The second-order valence-electron chi connectivity index (χ2n) is 16.8. The monoisotopic (exact) mass is 718 g/mol. The van der Waals surface area contributed by atoms with Gasteiger partial charge in [-0.05, 0) is 117 Å². The SMILES string of the molecule is CC1(C)c2ccccc2-c2ccc(-c3c4ccccc4c(-c4ccc5c(c4)C(C)(C)c4ccc6sc7c8ccccc8ccc7c6c4-5)c4ccccc34)cc21. The molecule has 0 saturated carbocycles. The minimum absolute atomic E-state index is 0.0586. The second kappa shape index (κ2) is 10.8. The van der Waals surface area contributed by atoms with Gasteiger partial charge in [-0.1, -0.05) is 167 Å². The van der Waals surface area contributed by atoms with Crippen LogP contribution in [0, 0.1) is 0 Å². The molecule has 0 radical (unpaired) electrons. The number of fused-ring (bicyclic) bond motifs is 14.